The van der Waals surface area contributed by atoms with Crippen molar-refractivity contribution < 1.29 is 23.4 Å². The highest BCUT2D eigenvalue weighted by Crippen LogP contribution is 2.26. The quantitative estimate of drug-likeness (QED) is 0.794. The molecule has 1 heterocycles. The maximum absolute atomic E-state index is 13.1. The number of carboxylic acids is 1. The maximum atomic E-state index is 13.1. The fourth-order valence-corrected chi connectivity index (χ4v) is 2.47. The van der Waals surface area contributed by atoms with Gasteiger partial charge in [0.05, 0.1) is 10.9 Å². The van der Waals surface area contributed by atoms with Gasteiger partial charge in [-0.15, -0.1) is 0 Å². The van der Waals surface area contributed by atoms with Crippen LogP contribution in [0.25, 0.3) is 22.1 Å². The largest absolute Gasteiger partial charge is 0.482 e. The van der Waals surface area contributed by atoms with E-state index in [0.717, 1.165) is 0 Å². The van der Waals surface area contributed by atoms with Crippen LogP contribution in [0.15, 0.2) is 51.7 Å². The van der Waals surface area contributed by atoms with Crippen molar-refractivity contribution in [2.24, 2.45) is 0 Å². The molecule has 24 heavy (non-hydrogen) atoms. The summed E-state index contributed by atoms with van der Waals surface area (Å²) in [6, 6.07) is 10.1. The van der Waals surface area contributed by atoms with Gasteiger partial charge in [-0.2, -0.15) is 0 Å². The molecule has 122 valence electrons. The lowest BCUT2D eigenvalue weighted by atomic mass is 10.0. The molecular formula is C18H13FO5. The average molecular weight is 328 g/mol. The van der Waals surface area contributed by atoms with Gasteiger partial charge in [0.25, 0.3) is 0 Å². The van der Waals surface area contributed by atoms with Crippen molar-refractivity contribution in [3.63, 3.8) is 0 Å². The molecule has 3 aromatic rings. The monoisotopic (exact) mass is 328 g/mol. The SMILES string of the molecule is Cc1oc2cc(OCC(=O)O)ccc2c(=O)c1-c1ccc(F)cc1. The van der Waals surface area contributed by atoms with Crippen molar-refractivity contribution in [1.29, 1.82) is 0 Å². The fraction of sp³-hybridized carbons (Fsp3) is 0.111. The molecule has 0 aliphatic carbocycles. The van der Waals surface area contributed by atoms with Crippen LogP contribution in [0.3, 0.4) is 0 Å². The second-order valence-electron chi connectivity index (χ2n) is 5.21. The van der Waals surface area contributed by atoms with Crippen molar-refractivity contribution in [2.45, 2.75) is 6.92 Å². The molecule has 5 nitrogen and oxygen atoms in total. The molecule has 1 N–H and O–H groups in total. The second kappa shape index (κ2) is 6.16. The summed E-state index contributed by atoms with van der Waals surface area (Å²) in [6.07, 6.45) is 0. The Hall–Kier alpha value is -3.15. The van der Waals surface area contributed by atoms with Crippen LogP contribution in [0.1, 0.15) is 5.76 Å². The van der Waals surface area contributed by atoms with Crippen molar-refractivity contribution in [2.75, 3.05) is 6.61 Å². The van der Waals surface area contributed by atoms with E-state index >= 15 is 0 Å². The van der Waals surface area contributed by atoms with E-state index in [1.165, 1.54) is 42.5 Å². The summed E-state index contributed by atoms with van der Waals surface area (Å²) in [6.45, 7) is 1.16. The lowest BCUT2D eigenvalue weighted by Crippen LogP contribution is -2.10. The molecule has 0 unspecified atom stereocenters. The van der Waals surface area contributed by atoms with Gasteiger partial charge in [-0.25, -0.2) is 9.18 Å². The second-order valence-corrected chi connectivity index (χ2v) is 5.21. The number of halogens is 1. The molecule has 6 heteroatoms. The zero-order valence-corrected chi connectivity index (χ0v) is 12.7. The van der Waals surface area contributed by atoms with Gasteiger partial charge in [-0.3, -0.25) is 4.79 Å². The Balaban J connectivity index is 2.10. The highest BCUT2D eigenvalue weighted by molar-refractivity contribution is 5.83. The minimum atomic E-state index is -1.10. The molecule has 2 aromatic carbocycles. The van der Waals surface area contributed by atoms with E-state index in [-0.39, 0.29) is 11.2 Å². The molecule has 0 saturated carbocycles. The molecule has 0 spiro atoms. The molecule has 0 aliphatic heterocycles. The Labute approximate surface area is 135 Å². The first-order valence-electron chi connectivity index (χ1n) is 7.13. The lowest BCUT2D eigenvalue weighted by Gasteiger charge is -2.08. The number of rotatable bonds is 4. The van der Waals surface area contributed by atoms with Crippen LogP contribution < -0.4 is 10.2 Å². The molecule has 1 aromatic heterocycles. The summed E-state index contributed by atoms with van der Waals surface area (Å²) in [5.41, 5.74) is 0.980. The molecule has 0 fully saturated rings. The Kier molecular flexibility index (Phi) is 4.04. The van der Waals surface area contributed by atoms with Gasteiger partial charge in [0, 0.05) is 6.07 Å². The van der Waals surface area contributed by atoms with Gasteiger partial charge >= 0.3 is 5.97 Å². The molecule has 0 saturated heterocycles. The topological polar surface area (TPSA) is 76.7 Å². The number of aryl methyl sites for hydroxylation is 1. The smallest absolute Gasteiger partial charge is 0.341 e. The van der Waals surface area contributed by atoms with Crippen LogP contribution in [0.5, 0.6) is 5.75 Å². The van der Waals surface area contributed by atoms with Gasteiger partial charge in [0.1, 0.15) is 22.9 Å². The summed E-state index contributed by atoms with van der Waals surface area (Å²) in [5.74, 6) is -0.808. The Morgan fingerprint density at radius 3 is 2.58 bits per heavy atom. The lowest BCUT2D eigenvalue weighted by molar-refractivity contribution is -0.139. The number of carboxylic acid groups (broad SMARTS) is 1. The summed E-state index contributed by atoms with van der Waals surface area (Å²) in [5, 5.41) is 8.97. The molecule has 3 rings (SSSR count). The molecule has 0 bridgehead atoms. The minimum Gasteiger partial charge on any atom is -0.482 e. The summed E-state index contributed by atoms with van der Waals surface area (Å²) >= 11 is 0. The van der Waals surface area contributed by atoms with Gasteiger partial charge < -0.3 is 14.3 Å². The number of carbonyl (C=O) groups is 1. The average Bonchev–Trinajstić information content (AvgIpc) is 2.54. The number of benzene rings is 2. The van der Waals surface area contributed by atoms with E-state index < -0.39 is 12.6 Å². The Bertz CT molecular complexity index is 973. The number of fused-ring (bicyclic) bond motifs is 1. The standard InChI is InChI=1S/C18H13FO5/c1-10-17(11-2-4-12(19)5-3-11)18(22)14-7-6-13(8-15(14)24-10)23-9-16(20)21/h2-8H,9H2,1H3,(H,20,21). The van der Waals surface area contributed by atoms with Gasteiger partial charge in [0.15, 0.2) is 6.61 Å². The maximum Gasteiger partial charge on any atom is 0.341 e. The van der Waals surface area contributed by atoms with E-state index in [9.17, 15) is 14.0 Å². The molecule has 0 aliphatic rings. The van der Waals surface area contributed by atoms with Gasteiger partial charge in [-0.05, 0) is 36.8 Å². The van der Waals surface area contributed by atoms with Crippen LogP contribution in [-0.4, -0.2) is 17.7 Å². The molecular weight excluding hydrogens is 315 g/mol. The fourth-order valence-electron chi connectivity index (χ4n) is 2.47. The first kappa shape index (κ1) is 15.7. The van der Waals surface area contributed by atoms with Crippen molar-refractivity contribution >= 4 is 16.9 Å². The number of ether oxygens (including phenoxy) is 1. The van der Waals surface area contributed by atoms with E-state index in [1.807, 2.05) is 0 Å². The van der Waals surface area contributed by atoms with Crippen molar-refractivity contribution in [3.8, 4) is 16.9 Å². The highest BCUT2D eigenvalue weighted by Gasteiger charge is 2.14. The van der Waals surface area contributed by atoms with E-state index in [2.05, 4.69) is 0 Å². The third-order valence-electron chi connectivity index (χ3n) is 3.54. The first-order valence-corrected chi connectivity index (χ1v) is 7.13. The van der Waals surface area contributed by atoms with Gasteiger partial charge in [0.2, 0.25) is 5.43 Å². The highest BCUT2D eigenvalue weighted by atomic mass is 19.1. The normalized spacial score (nSPS) is 10.8. The minimum absolute atomic E-state index is 0.245. The molecule has 0 radical (unpaired) electrons. The summed E-state index contributed by atoms with van der Waals surface area (Å²) in [4.78, 5) is 23.3. The van der Waals surface area contributed by atoms with E-state index in [0.29, 0.717) is 33.6 Å². The summed E-state index contributed by atoms with van der Waals surface area (Å²) < 4.78 is 23.8. The third-order valence-corrected chi connectivity index (χ3v) is 3.54. The summed E-state index contributed by atoms with van der Waals surface area (Å²) in [7, 11) is 0. The third kappa shape index (κ3) is 2.99. The van der Waals surface area contributed by atoms with Crippen LogP contribution in [0, 0.1) is 12.7 Å². The van der Waals surface area contributed by atoms with Crippen molar-refractivity contribution in [1.82, 2.24) is 0 Å². The predicted octanol–water partition coefficient (Wildman–Crippen LogP) is 3.37. The molecule has 0 amide bonds. The van der Waals surface area contributed by atoms with Crippen LogP contribution in [0.4, 0.5) is 4.39 Å². The number of hydrogen-bond acceptors (Lipinski definition) is 4. The van der Waals surface area contributed by atoms with Crippen molar-refractivity contribution in [3.05, 3.63) is 64.3 Å². The molecule has 0 atom stereocenters. The van der Waals surface area contributed by atoms with Gasteiger partial charge in [-0.1, -0.05) is 12.1 Å². The Morgan fingerprint density at radius 2 is 1.92 bits per heavy atom. The van der Waals surface area contributed by atoms with Crippen LogP contribution >= 0.6 is 0 Å². The van der Waals surface area contributed by atoms with E-state index in [4.69, 9.17) is 14.3 Å². The Morgan fingerprint density at radius 1 is 1.21 bits per heavy atom. The zero-order chi connectivity index (χ0) is 17.3. The van der Waals surface area contributed by atoms with Crippen LogP contribution in [0.2, 0.25) is 0 Å². The predicted molar refractivity (Wildman–Crippen MR) is 85.7 cm³/mol. The first-order chi connectivity index (χ1) is 11.5. The number of hydrogen-bond donors (Lipinski definition) is 1. The zero-order valence-electron chi connectivity index (χ0n) is 12.7. The van der Waals surface area contributed by atoms with Crippen LogP contribution in [-0.2, 0) is 4.79 Å². The number of aliphatic carboxylic acids is 1. The van der Waals surface area contributed by atoms with E-state index in [1.54, 1.807) is 6.92 Å².